The van der Waals surface area contributed by atoms with Crippen LogP contribution in [0.1, 0.15) is 13.3 Å². The lowest BCUT2D eigenvalue weighted by Crippen LogP contribution is -2.39. The van der Waals surface area contributed by atoms with Gasteiger partial charge >= 0.3 is 17.9 Å². The maximum Gasteiger partial charge on any atom is 0.335 e. The molecule has 10 heteroatoms. The second kappa shape index (κ2) is 9.20. The van der Waals surface area contributed by atoms with Crippen molar-refractivity contribution in [2.24, 2.45) is 5.41 Å². The number of hydrogen-bond donors (Lipinski definition) is 7. The predicted molar refractivity (Wildman–Crippen MR) is 61.8 cm³/mol. The highest BCUT2D eigenvalue weighted by Gasteiger charge is 2.35. The first-order valence-electron chi connectivity index (χ1n) is 5.36. The second-order valence-electron chi connectivity index (χ2n) is 3.82. The highest BCUT2D eigenvalue weighted by Crippen LogP contribution is 2.19. The van der Waals surface area contributed by atoms with Gasteiger partial charge in [0.2, 0.25) is 0 Å². The van der Waals surface area contributed by atoms with Gasteiger partial charge in [0.15, 0.2) is 12.2 Å². The van der Waals surface area contributed by atoms with Crippen molar-refractivity contribution < 1.29 is 50.1 Å². The zero-order valence-corrected chi connectivity index (χ0v) is 10.6. The summed E-state index contributed by atoms with van der Waals surface area (Å²) in [6, 6.07) is 0. The summed E-state index contributed by atoms with van der Waals surface area (Å²) in [6.45, 7) is 0.575. The van der Waals surface area contributed by atoms with E-state index in [2.05, 4.69) is 0 Å². The Bertz CT molecular complexity index is 309. The number of rotatable bonds is 7. The van der Waals surface area contributed by atoms with E-state index in [9.17, 15) is 14.4 Å². The average Bonchev–Trinajstić information content (AvgIpc) is 2.39. The van der Waals surface area contributed by atoms with Gasteiger partial charge in [0.1, 0.15) is 5.41 Å². The SMILES string of the molecule is CCC(CO)(CO)C(=O)O.O=C(O)C(O)C(O)C(=O)O. The minimum absolute atomic E-state index is 0.231. The van der Waals surface area contributed by atoms with E-state index in [4.69, 9.17) is 35.7 Å². The van der Waals surface area contributed by atoms with Crippen LogP contribution in [0, 0.1) is 5.41 Å². The Morgan fingerprint density at radius 3 is 1.25 bits per heavy atom. The number of aliphatic carboxylic acids is 3. The van der Waals surface area contributed by atoms with E-state index in [0.29, 0.717) is 0 Å². The van der Waals surface area contributed by atoms with E-state index in [0.717, 1.165) is 0 Å². The smallest absolute Gasteiger partial charge is 0.335 e. The van der Waals surface area contributed by atoms with E-state index < -0.39 is 48.7 Å². The van der Waals surface area contributed by atoms with Crippen LogP contribution in [0.4, 0.5) is 0 Å². The predicted octanol–water partition coefficient (Wildman–Crippen LogP) is -2.67. The van der Waals surface area contributed by atoms with Gasteiger partial charge in [-0.2, -0.15) is 0 Å². The molecule has 2 atom stereocenters. The summed E-state index contributed by atoms with van der Waals surface area (Å²) >= 11 is 0. The Kier molecular flexibility index (Phi) is 9.46. The van der Waals surface area contributed by atoms with Crippen molar-refractivity contribution in [2.45, 2.75) is 25.6 Å². The maximum atomic E-state index is 10.4. The summed E-state index contributed by atoms with van der Waals surface area (Å²) in [4.78, 5) is 29.9. The number of hydrogen-bond acceptors (Lipinski definition) is 7. The largest absolute Gasteiger partial charge is 0.481 e. The van der Waals surface area contributed by atoms with E-state index in [1.807, 2.05) is 0 Å². The van der Waals surface area contributed by atoms with Crippen molar-refractivity contribution in [3.05, 3.63) is 0 Å². The third-order valence-corrected chi connectivity index (χ3v) is 2.54. The third-order valence-electron chi connectivity index (χ3n) is 2.54. The van der Waals surface area contributed by atoms with Crippen LogP contribution in [0.5, 0.6) is 0 Å². The standard InChI is InChI=1S/C6H12O4.C4H6O6/c1-2-6(3-7,4-8)5(9)10;5-1(3(7)8)2(6)4(9)10/h7-8H,2-4H2,1H3,(H,9,10);1-2,5-6H,(H,7,8)(H,9,10). The van der Waals surface area contributed by atoms with Crippen molar-refractivity contribution in [2.75, 3.05) is 13.2 Å². The molecule has 2 unspecified atom stereocenters. The third kappa shape index (κ3) is 5.93. The van der Waals surface area contributed by atoms with Crippen molar-refractivity contribution in [3.63, 3.8) is 0 Å². The molecule has 0 amide bonds. The van der Waals surface area contributed by atoms with E-state index in [1.165, 1.54) is 0 Å². The zero-order valence-electron chi connectivity index (χ0n) is 10.6. The van der Waals surface area contributed by atoms with Crippen LogP contribution in [-0.4, -0.2) is 79.1 Å². The molecule has 0 heterocycles. The minimum atomic E-state index is -2.27. The Morgan fingerprint density at radius 1 is 0.900 bits per heavy atom. The van der Waals surface area contributed by atoms with Gasteiger partial charge in [0.25, 0.3) is 0 Å². The van der Waals surface area contributed by atoms with Gasteiger partial charge in [0.05, 0.1) is 13.2 Å². The average molecular weight is 298 g/mol. The minimum Gasteiger partial charge on any atom is -0.481 e. The normalized spacial score (nSPS) is 13.7. The fraction of sp³-hybridized carbons (Fsp3) is 0.700. The fourth-order valence-electron chi connectivity index (χ4n) is 0.830. The van der Waals surface area contributed by atoms with Gasteiger partial charge in [-0.25, -0.2) is 9.59 Å². The monoisotopic (exact) mass is 298 g/mol. The lowest BCUT2D eigenvalue weighted by atomic mass is 9.87. The molecule has 0 spiro atoms. The lowest BCUT2D eigenvalue weighted by Gasteiger charge is -2.21. The van der Waals surface area contributed by atoms with E-state index >= 15 is 0 Å². The number of carbonyl (C=O) groups is 3. The molecular weight excluding hydrogens is 280 g/mol. The summed E-state index contributed by atoms with van der Waals surface area (Å²) in [5, 5.41) is 58.2. The number of carboxylic acid groups (broad SMARTS) is 3. The summed E-state index contributed by atoms with van der Waals surface area (Å²) in [5.74, 6) is -4.69. The summed E-state index contributed by atoms with van der Waals surface area (Å²) < 4.78 is 0. The van der Waals surface area contributed by atoms with Gasteiger partial charge in [-0.1, -0.05) is 6.92 Å². The molecular formula is C10H18O10. The van der Waals surface area contributed by atoms with Crippen molar-refractivity contribution >= 4 is 17.9 Å². The summed E-state index contributed by atoms with van der Waals surface area (Å²) in [5.41, 5.74) is -1.35. The highest BCUT2D eigenvalue weighted by molar-refractivity contribution is 5.83. The number of carboxylic acids is 3. The molecule has 118 valence electrons. The van der Waals surface area contributed by atoms with Gasteiger partial charge in [-0.05, 0) is 6.42 Å². The molecule has 0 rings (SSSR count). The molecule has 7 N–H and O–H groups in total. The van der Waals surface area contributed by atoms with Gasteiger partial charge in [-0.15, -0.1) is 0 Å². The molecule has 20 heavy (non-hydrogen) atoms. The Hall–Kier alpha value is -1.75. The van der Waals surface area contributed by atoms with Crippen LogP contribution < -0.4 is 0 Å². The maximum absolute atomic E-state index is 10.4. The van der Waals surface area contributed by atoms with Crippen LogP contribution in [-0.2, 0) is 14.4 Å². The molecule has 0 saturated carbocycles. The Balaban J connectivity index is 0. The van der Waals surface area contributed by atoms with Gasteiger partial charge in [0, 0.05) is 0 Å². The van der Waals surface area contributed by atoms with Crippen LogP contribution in [0.25, 0.3) is 0 Å². The van der Waals surface area contributed by atoms with Crippen molar-refractivity contribution in [3.8, 4) is 0 Å². The first-order valence-corrected chi connectivity index (χ1v) is 5.36. The van der Waals surface area contributed by atoms with Crippen LogP contribution in [0.15, 0.2) is 0 Å². The van der Waals surface area contributed by atoms with Crippen LogP contribution in [0.3, 0.4) is 0 Å². The molecule has 0 radical (unpaired) electrons. The first kappa shape index (κ1) is 20.6. The van der Waals surface area contributed by atoms with Crippen LogP contribution in [0.2, 0.25) is 0 Å². The molecule has 0 aliphatic carbocycles. The second-order valence-corrected chi connectivity index (χ2v) is 3.82. The molecule has 0 aliphatic rings. The van der Waals surface area contributed by atoms with Gasteiger partial charge in [-0.3, -0.25) is 4.79 Å². The molecule has 10 nitrogen and oxygen atoms in total. The molecule has 0 aromatic heterocycles. The molecule has 0 fully saturated rings. The molecule has 0 aromatic rings. The topological polar surface area (TPSA) is 193 Å². The summed E-state index contributed by atoms with van der Waals surface area (Å²) in [6.07, 6.45) is -4.30. The molecule has 0 saturated heterocycles. The Morgan fingerprint density at radius 2 is 1.20 bits per heavy atom. The van der Waals surface area contributed by atoms with Crippen LogP contribution >= 0.6 is 0 Å². The molecule has 0 aromatic carbocycles. The highest BCUT2D eigenvalue weighted by atomic mass is 16.4. The fourth-order valence-corrected chi connectivity index (χ4v) is 0.830. The Labute approximate surface area is 113 Å². The quantitative estimate of drug-likeness (QED) is 0.260. The molecule has 0 bridgehead atoms. The van der Waals surface area contributed by atoms with E-state index in [-0.39, 0.29) is 6.42 Å². The zero-order chi connectivity index (χ0) is 16.5. The summed E-state index contributed by atoms with van der Waals surface area (Å²) in [7, 11) is 0. The van der Waals surface area contributed by atoms with Crippen molar-refractivity contribution in [1.82, 2.24) is 0 Å². The molecule has 0 aliphatic heterocycles. The number of aliphatic hydroxyl groups excluding tert-OH is 4. The van der Waals surface area contributed by atoms with Crippen molar-refractivity contribution in [1.29, 1.82) is 0 Å². The van der Waals surface area contributed by atoms with Gasteiger partial charge < -0.3 is 35.7 Å². The van der Waals surface area contributed by atoms with E-state index in [1.54, 1.807) is 6.92 Å². The number of aliphatic hydroxyl groups is 4. The first-order chi connectivity index (χ1) is 9.09. The lowest BCUT2D eigenvalue weighted by molar-refractivity contribution is -0.165.